The minimum absolute atomic E-state index is 0.237. The molecule has 0 saturated heterocycles. The summed E-state index contributed by atoms with van der Waals surface area (Å²) in [5.74, 6) is 0.121. The summed E-state index contributed by atoms with van der Waals surface area (Å²) in [4.78, 5) is 18.5. The van der Waals surface area contributed by atoms with E-state index in [1.807, 2.05) is 0 Å². The van der Waals surface area contributed by atoms with E-state index in [4.69, 9.17) is 10.3 Å². The van der Waals surface area contributed by atoms with Crippen LogP contribution in [-0.4, -0.2) is 37.2 Å². The van der Waals surface area contributed by atoms with Gasteiger partial charge in [-0.15, -0.1) is 0 Å². The summed E-state index contributed by atoms with van der Waals surface area (Å²) >= 11 is 0. The lowest BCUT2D eigenvalue weighted by Crippen LogP contribution is -2.37. The van der Waals surface area contributed by atoms with Crippen LogP contribution in [0.2, 0.25) is 0 Å². The maximum atomic E-state index is 11.5. The average molecular weight is 236 g/mol. The molecule has 3 unspecified atom stereocenters. The zero-order valence-corrected chi connectivity index (χ0v) is 9.53. The molecule has 2 rings (SSSR count). The van der Waals surface area contributed by atoms with Crippen molar-refractivity contribution in [1.29, 1.82) is 0 Å². The van der Waals surface area contributed by atoms with Crippen LogP contribution in [0.3, 0.4) is 0 Å². The number of aliphatic imine (C=N–C) groups is 1. The van der Waals surface area contributed by atoms with Gasteiger partial charge in [0.05, 0.1) is 13.2 Å². The third kappa shape index (κ3) is 2.09. The predicted molar refractivity (Wildman–Crippen MR) is 59.4 cm³/mol. The minimum atomic E-state index is -0.422. The van der Waals surface area contributed by atoms with Gasteiger partial charge in [0.15, 0.2) is 5.90 Å². The third-order valence-electron chi connectivity index (χ3n) is 2.81. The van der Waals surface area contributed by atoms with Gasteiger partial charge in [0, 0.05) is 17.4 Å². The van der Waals surface area contributed by atoms with Gasteiger partial charge in [0.2, 0.25) is 0 Å². The minimum Gasteiger partial charge on any atom is -0.472 e. The molecule has 0 aromatic carbocycles. The van der Waals surface area contributed by atoms with Crippen LogP contribution in [0.5, 0.6) is 0 Å². The maximum absolute atomic E-state index is 11.5. The van der Waals surface area contributed by atoms with E-state index in [-0.39, 0.29) is 12.1 Å². The molecule has 0 spiro atoms. The van der Waals surface area contributed by atoms with Crippen molar-refractivity contribution in [2.24, 2.45) is 10.1 Å². The molecule has 3 atom stereocenters. The molecule has 0 radical (unpaired) electrons. The van der Waals surface area contributed by atoms with Crippen LogP contribution >= 0.6 is 0 Å². The summed E-state index contributed by atoms with van der Waals surface area (Å²) in [6, 6.07) is -0.638. The highest BCUT2D eigenvalue weighted by molar-refractivity contribution is 5.89. The van der Waals surface area contributed by atoms with Crippen molar-refractivity contribution in [3.8, 4) is 0 Å². The maximum Gasteiger partial charge on any atom is 0.333 e. The van der Waals surface area contributed by atoms with Crippen LogP contribution in [0.25, 0.3) is 10.4 Å². The second-order valence-corrected chi connectivity index (χ2v) is 3.88. The van der Waals surface area contributed by atoms with E-state index in [2.05, 4.69) is 19.8 Å². The summed E-state index contributed by atoms with van der Waals surface area (Å²) < 4.78 is 10.1. The fourth-order valence-corrected chi connectivity index (χ4v) is 2.09. The van der Waals surface area contributed by atoms with Gasteiger partial charge in [0.1, 0.15) is 12.1 Å². The summed E-state index contributed by atoms with van der Waals surface area (Å²) in [6.45, 7) is 1.73. The molecule has 1 aliphatic carbocycles. The Bertz CT molecular complexity index is 450. The van der Waals surface area contributed by atoms with E-state index < -0.39 is 12.0 Å². The van der Waals surface area contributed by atoms with Crippen molar-refractivity contribution in [2.45, 2.75) is 31.5 Å². The van der Waals surface area contributed by atoms with Gasteiger partial charge < -0.3 is 9.47 Å². The van der Waals surface area contributed by atoms with Gasteiger partial charge >= 0.3 is 5.97 Å². The van der Waals surface area contributed by atoms with Gasteiger partial charge in [-0.1, -0.05) is 5.11 Å². The summed E-state index contributed by atoms with van der Waals surface area (Å²) in [7, 11) is 1.31. The number of nitrogens with zero attached hydrogens (tertiary/aromatic N) is 4. The molecule has 0 saturated carbocycles. The van der Waals surface area contributed by atoms with Crippen LogP contribution in [0, 0.1) is 0 Å². The number of rotatable bonds is 2. The normalized spacial score (nSPS) is 30.4. The molecule has 1 aliphatic heterocycles. The van der Waals surface area contributed by atoms with E-state index in [0.29, 0.717) is 17.9 Å². The quantitative estimate of drug-likeness (QED) is 0.313. The number of carbonyl (C=O) groups excluding carboxylic acids is 1. The molecule has 7 nitrogen and oxygen atoms in total. The second-order valence-electron chi connectivity index (χ2n) is 3.88. The van der Waals surface area contributed by atoms with Crippen LogP contribution in [0.4, 0.5) is 0 Å². The number of hydrogen-bond donors (Lipinski definition) is 0. The first-order valence-electron chi connectivity index (χ1n) is 5.20. The number of azide groups is 1. The number of fused-ring (bicyclic) bond motifs is 1. The Morgan fingerprint density at radius 3 is 3.18 bits per heavy atom. The highest BCUT2D eigenvalue weighted by Gasteiger charge is 2.39. The van der Waals surface area contributed by atoms with Crippen molar-refractivity contribution in [3.63, 3.8) is 0 Å². The SMILES string of the molecule is COC(=O)C1=CC2OC(C)=NC2C(N=[N+]=[N-])C1. The van der Waals surface area contributed by atoms with Gasteiger partial charge in [-0.05, 0) is 18.0 Å². The third-order valence-corrected chi connectivity index (χ3v) is 2.81. The molecule has 1 heterocycles. The predicted octanol–water partition coefficient (Wildman–Crippen LogP) is 1.35. The lowest BCUT2D eigenvalue weighted by molar-refractivity contribution is -0.136. The fourth-order valence-electron chi connectivity index (χ4n) is 2.09. The standard InChI is InChI=1S/C10H12N4O3/c1-5-12-9-7(13-14-11)3-6(10(15)16-2)4-8(9)17-5/h4,7-9H,3H2,1-2H3. The van der Waals surface area contributed by atoms with Crippen molar-refractivity contribution in [3.05, 3.63) is 22.1 Å². The molecule has 0 amide bonds. The topological polar surface area (TPSA) is 96.6 Å². The van der Waals surface area contributed by atoms with Crippen molar-refractivity contribution < 1.29 is 14.3 Å². The molecule has 17 heavy (non-hydrogen) atoms. The first kappa shape index (κ1) is 11.5. The lowest BCUT2D eigenvalue weighted by Gasteiger charge is -2.26. The Labute approximate surface area is 97.7 Å². The highest BCUT2D eigenvalue weighted by Crippen LogP contribution is 2.30. The van der Waals surface area contributed by atoms with Gasteiger partial charge in [-0.2, -0.15) is 0 Å². The van der Waals surface area contributed by atoms with Crippen molar-refractivity contribution in [2.75, 3.05) is 7.11 Å². The Hall–Kier alpha value is -2.01. The molecule has 7 heteroatoms. The second kappa shape index (κ2) is 4.47. The molecular formula is C10H12N4O3. The Morgan fingerprint density at radius 2 is 2.53 bits per heavy atom. The van der Waals surface area contributed by atoms with Gasteiger partial charge in [-0.25, -0.2) is 9.79 Å². The van der Waals surface area contributed by atoms with E-state index in [9.17, 15) is 4.79 Å². The zero-order valence-electron chi connectivity index (χ0n) is 9.53. The summed E-state index contributed by atoms with van der Waals surface area (Å²) in [6.07, 6.45) is 1.69. The first-order chi connectivity index (χ1) is 8.15. The Morgan fingerprint density at radius 1 is 1.76 bits per heavy atom. The smallest absolute Gasteiger partial charge is 0.333 e. The van der Waals surface area contributed by atoms with Gasteiger partial charge in [0.25, 0.3) is 0 Å². The van der Waals surface area contributed by atoms with Crippen LogP contribution in [-0.2, 0) is 14.3 Å². The average Bonchev–Trinajstić information content (AvgIpc) is 2.69. The van der Waals surface area contributed by atoms with Crippen molar-refractivity contribution in [1.82, 2.24) is 0 Å². The molecule has 90 valence electrons. The molecular weight excluding hydrogens is 224 g/mol. The van der Waals surface area contributed by atoms with Crippen LogP contribution in [0.15, 0.2) is 21.8 Å². The number of carbonyl (C=O) groups is 1. The number of esters is 1. The largest absolute Gasteiger partial charge is 0.472 e. The number of ether oxygens (including phenoxy) is 2. The van der Waals surface area contributed by atoms with Crippen molar-refractivity contribution >= 4 is 11.9 Å². The fraction of sp³-hybridized carbons (Fsp3) is 0.600. The molecule has 0 fully saturated rings. The summed E-state index contributed by atoms with van der Waals surface area (Å²) in [5, 5.41) is 3.67. The zero-order chi connectivity index (χ0) is 12.4. The molecule has 0 bridgehead atoms. The van der Waals surface area contributed by atoms with Gasteiger partial charge in [-0.3, -0.25) is 0 Å². The lowest BCUT2D eigenvalue weighted by atomic mass is 9.89. The van der Waals surface area contributed by atoms with E-state index in [1.165, 1.54) is 7.11 Å². The van der Waals surface area contributed by atoms with E-state index >= 15 is 0 Å². The number of methoxy groups -OCH3 is 1. The molecule has 0 aromatic rings. The first-order valence-corrected chi connectivity index (χ1v) is 5.20. The molecule has 0 aromatic heterocycles. The Balaban J connectivity index is 2.29. The monoisotopic (exact) mass is 236 g/mol. The Kier molecular flexibility index (Phi) is 3.01. The van der Waals surface area contributed by atoms with Crippen LogP contribution in [0.1, 0.15) is 13.3 Å². The summed E-state index contributed by atoms with van der Waals surface area (Å²) in [5.41, 5.74) is 8.99. The van der Waals surface area contributed by atoms with Crippen LogP contribution < -0.4 is 0 Å². The van der Waals surface area contributed by atoms with E-state index in [0.717, 1.165) is 0 Å². The van der Waals surface area contributed by atoms with E-state index in [1.54, 1.807) is 13.0 Å². The highest BCUT2D eigenvalue weighted by atomic mass is 16.5. The molecule has 0 N–H and O–H groups in total. The number of hydrogen-bond acceptors (Lipinski definition) is 5. The molecule has 2 aliphatic rings.